The van der Waals surface area contributed by atoms with Gasteiger partial charge < -0.3 is 14.8 Å². The van der Waals surface area contributed by atoms with Gasteiger partial charge in [-0.25, -0.2) is 0 Å². The van der Waals surface area contributed by atoms with Crippen molar-refractivity contribution in [2.45, 2.75) is 12.2 Å². The van der Waals surface area contributed by atoms with Crippen molar-refractivity contribution >= 4 is 33.6 Å². The predicted molar refractivity (Wildman–Crippen MR) is 86.4 cm³/mol. The molecule has 1 aromatic carbocycles. The highest BCUT2D eigenvalue weighted by atomic mass is 79.9. The minimum Gasteiger partial charge on any atom is -0.496 e. The van der Waals surface area contributed by atoms with E-state index < -0.39 is 0 Å². The molecule has 0 aliphatic carbocycles. The Morgan fingerprint density at radius 3 is 2.90 bits per heavy atom. The smallest absolute Gasteiger partial charge is 0.230 e. The van der Waals surface area contributed by atoms with E-state index in [-0.39, 0.29) is 5.91 Å². The van der Waals surface area contributed by atoms with Crippen molar-refractivity contribution < 1.29 is 14.3 Å². The minimum atomic E-state index is 0.0556. The summed E-state index contributed by atoms with van der Waals surface area (Å²) in [5.41, 5.74) is 1.08. The molecule has 0 aliphatic heterocycles. The molecule has 1 aromatic rings. The van der Waals surface area contributed by atoms with Crippen LogP contribution < -0.4 is 10.1 Å². The third-order valence-corrected chi connectivity index (χ3v) is 4.06. The Kier molecular flexibility index (Phi) is 8.73. The topological polar surface area (TPSA) is 47.6 Å². The summed E-state index contributed by atoms with van der Waals surface area (Å²) in [5, 5.41) is 2.86. The molecule has 0 unspecified atom stereocenters. The number of nitrogens with one attached hydrogen (secondary N) is 1. The van der Waals surface area contributed by atoms with Crippen LogP contribution in [0.1, 0.15) is 12.0 Å². The summed E-state index contributed by atoms with van der Waals surface area (Å²) < 4.78 is 11.2. The monoisotopic (exact) mass is 361 g/mol. The lowest BCUT2D eigenvalue weighted by Gasteiger charge is -2.09. The lowest BCUT2D eigenvalue weighted by Crippen LogP contribution is -2.26. The first-order valence-electron chi connectivity index (χ1n) is 6.33. The van der Waals surface area contributed by atoms with Gasteiger partial charge in [0.05, 0.1) is 12.9 Å². The summed E-state index contributed by atoms with van der Waals surface area (Å²) in [7, 11) is 3.31. The average molecular weight is 362 g/mol. The van der Waals surface area contributed by atoms with Crippen LogP contribution in [0.2, 0.25) is 0 Å². The standard InChI is InChI=1S/C14H20BrNO3S/c1-18-7-3-6-16-14(17)10-20-9-11-8-12(15)4-5-13(11)19-2/h4-5,8H,3,6-7,9-10H2,1-2H3,(H,16,17). The van der Waals surface area contributed by atoms with E-state index in [1.165, 1.54) is 0 Å². The number of amides is 1. The molecule has 0 spiro atoms. The molecule has 0 heterocycles. The molecule has 4 nitrogen and oxygen atoms in total. The first-order valence-corrected chi connectivity index (χ1v) is 8.28. The summed E-state index contributed by atoms with van der Waals surface area (Å²) in [6, 6.07) is 5.88. The van der Waals surface area contributed by atoms with E-state index in [1.807, 2.05) is 18.2 Å². The van der Waals surface area contributed by atoms with E-state index in [1.54, 1.807) is 26.0 Å². The van der Waals surface area contributed by atoms with Crippen molar-refractivity contribution in [3.05, 3.63) is 28.2 Å². The molecular weight excluding hydrogens is 342 g/mol. The van der Waals surface area contributed by atoms with Crippen LogP contribution >= 0.6 is 27.7 Å². The molecule has 112 valence electrons. The highest BCUT2D eigenvalue weighted by Gasteiger charge is 2.06. The van der Waals surface area contributed by atoms with Gasteiger partial charge in [0.25, 0.3) is 0 Å². The molecule has 1 amide bonds. The summed E-state index contributed by atoms with van der Waals surface area (Å²) in [6.07, 6.45) is 0.840. The molecule has 1 rings (SSSR count). The zero-order valence-corrected chi connectivity index (χ0v) is 14.2. The quantitative estimate of drug-likeness (QED) is 0.687. The van der Waals surface area contributed by atoms with E-state index in [4.69, 9.17) is 9.47 Å². The highest BCUT2D eigenvalue weighted by Crippen LogP contribution is 2.26. The van der Waals surface area contributed by atoms with Gasteiger partial charge in [-0.05, 0) is 24.6 Å². The Bertz CT molecular complexity index is 429. The number of hydrogen-bond donors (Lipinski definition) is 1. The maximum atomic E-state index is 11.6. The van der Waals surface area contributed by atoms with Crippen molar-refractivity contribution in [1.82, 2.24) is 5.32 Å². The number of ether oxygens (including phenoxy) is 2. The SMILES string of the molecule is COCCCNC(=O)CSCc1cc(Br)ccc1OC. The van der Waals surface area contributed by atoms with Crippen molar-refractivity contribution in [3.8, 4) is 5.75 Å². The molecule has 0 saturated carbocycles. The summed E-state index contributed by atoms with van der Waals surface area (Å²) in [4.78, 5) is 11.6. The first-order chi connectivity index (χ1) is 9.67. The largest absolute Gasteiger partial charge is 0.496 e. The van der Waals surface area contributed by atoms with Crippen LogP contribution in [0.25, 0.3) is 0 Å². The fourth-order valence-electron chi connectivity index (χ4n) is 1.61. The second-order valence-electron chi connectivity index (χ2n) is 4.15. The number of halogens is 1. The van der Waals surface area contributed by atoms with Crippen molar-refractivity contribution in [2.24, 2.45) is 0 Å². The second-order valence-corrected chi connectivity index (χ2v) is 6.05. The summed E-state index contributed by atoms with van der Waals surface area (Å²) in [5.74, 6) is 2.10. The Labute approximate surface area is 132 Å². The zero-order chi connectivity index (χ0) is 14.8. The Morgan fingerprint density at radius 1 is 1.40 bits per heavy atom. The minimum absolute atomic E-state index is 0.0556. The number of rotatable bonds is 9. The van der Waals surface area contributed by atoms with Gasteiger partial charge in [-0.2, -0.15) is 0 Å². The van der Waals surface area contributed by atoms with Crippen LogP contribution in [-0.4, -0.2) is 39.0 Å². The predicted octanol–water partition coefficient (Wildman–Crippen LogP) is 2.84. The van der Waals surface area contributed by atoms with E-state index >= 15 is 0 Å². The van der Waals surface area contributed by atoms with Crippen LogP contribution in [0.3, 0.4) is 0 Å². The summed E-state index contributed by atoms with van der Waals surface area (Å²) >= 11 is 5.01. The fraction of sp³-hybridized carbons (Fsp3) is 0.500. The van der Waals surface area contributed by atoms with E-state index in [0.29, 0.717) is 18.9 Å². The van der Waals surface area contributed by atoms with Gasteiger partial charge >= 0.3 is 0 Å². The fourth-order valence-corrected chi connectivity index (χ4v) is 2.85. The maximum Gasteiger partial charge on any atom is 0.230 e. The van der Waals surface area contributed by atoms with Crippen LogP contribution in [0.4, 0.5) is 0 Å². The third kappa shape index (κ3) is 6.63. The molecule has 1 N–H and O–H groups in total. The molecule has 0 bridgehead atoms. The lowest BCUT2D eigenvalue weighted by atomic mass is 10.2. The van der Waals surface area contributed by atoms with Crippen LogP contribution in [-0.2, 0) is 15.3 Å². The van der Waals surface area contributed by atoms with Gasteiger partial charge in [0.2, 0.25) is 5.91 Å². The lowest BCUT2D eigenvalue weighted by molar-refractivity contribution is -0.118. The maximum absolute atomic E-state index is 11.6. The van der Waals surface area contributed by atoms with Crippen molar-refractivity contribution in [2.75, 3.05) is 33.1 Å². The highest BCUT2D eigenvalue weighted by molar-refractivity contribution is 9.10. The van der Waals surface area contributed by atoms with Gasteiger partial charge in [-0.3, -0.25) is 4.79 Å². The van der Waals surface area contributed by atoms with Gasteiger partial charge in [0, 0.05) is 36.1 Å². The van der Waals surface area contributed by atoms with E-state index in [2.05, 4.69) is 21.2 Å². The van der Waals surface area contributed by atoms with Crippen LogP contribution in [0.15, 0.2) is 22.7 Å². The number of hydrogen-bond acceptors (Lipinski definition) is 4. The molecule has 0 saturated heterocycles. The zero-order valence-electron chi connectivity index (χ0n) is 11.8. The van der Waals surface area contributed by atoms with Gasteiger partial charge in [0.1, 0.15) is 5.75 Å². The first kappa shape index (κ1) is 17.3. The molecule has 0 aliphatic rings. The van der Waals surface area contributed by atoms with Gasteiger partial charge in [0.15, 0.2) is 0 Å². The van der Waals surface area contributed by atoms with Gasteiger partial charge in [-0.15, -0.1) is 11.8 Å². The molecule has 20 heavy (non-hydrogen) atoms. The number of methoxy groups -OCH3 is 2. The number of carbonyl (C=O) groups excluding carboxylic acids is 1. The van der Waals surface area contributed by atoms with Gasteiger partial charge in [-0.1, -0.05) is 15.9 Å². The number of carbonyl (C=O) groups is 1. The van der Waals surface area contributed by atoms with Crippen molar-refractivity contribution in [3.63, 3.8) is 0 Å². The average Bonchev–Trinajstić information content (AvgIpc) is 2.44. The second kappa shape index (κ2) is 10.1. The van der Waals surface area contributed by atoms with E-state index in [0.717, 1.165) is 28.0 Å². The van der Waals surface area contributed by atoms with Crippen LogP contribution in [0, 0.1) is 0 Å². The number of thioether (sulfide) groups is 1. The molecule has 0 aromatic heterocycles. The van der Waals surface area contributed by atoms with Crippen LogP contribution in [0.5, 0.6) is 5.75 Å². The normalized spacial score (nSPS) is 10.3. The third-order valence-electron chi connectivity index (χ3n) is 2.58. The van der Waals surface area contributed by atoms with E-state index in [9.17, 15) is 4.79 Å². The molecule has 6 heteroatoms. The number of benzene rings is 1. The summed E-state index contributed by atoms with van der Waals surface area (Å²) in [6.45, 7) is 1.33. The molecular formula is C14H20BrNO3S. The molecule has 0 radical (unpaired) electrons. The Hall–Kier alpha value is -0.720. The molecule has 0 atom stereocenters. The van der Waals surface area contributed by atoms with Crippen molar-refractivity contribution in [1.29, 1.82) is 0 Å². The Balaban J connectivity index is 2.29. The Morgan fingerprint density at radius 2 is 2.20 bits per heavy atom. The molecule has 0 fully saturated rings.